The van der Waals surface area contributed by atoms with E-state index in [9.17, 15) is 18.0 Å². The van der Waals surface area contributed by atoms with E-state index in [-0.39, 0.29) is 30.1 Å². The molecule has 30 heavy (non-hydrogen) atoms. The third kappa shape index (κ3) is 4.89. The number of nitrogens with one attached hydrogen (secondary N) is 1. The SMILES string of the molecule is COC(=O)CC(NC(=O)c1cc(S(=O)(=O)N2CCOCC2)cn1C)c1ccccc1. The van der Waals surface area contributed by atoms with Crippen LogP contribution in [-0.4, -0.2) is 62.6 Å². The number of carbonyl (C=O) groups excluding carboxylic acids is 2. The van der Waals surface area contributed by atoms with Crippen molar-refractivity contribution in [2.45, 2.75) is 17.4 Å². The molecule has 1 saturated heterocycles. The minimum absolute atomic E-state index is 0.0429. The fourth-order valence-electron chi connectivity index (χ4n) is 3.26. The molecular weight excluding hydrogens is 410 g/mol. The first-order valence-electron chi connectivity index (χ1n) is 9.50. The van der Waals surface area contributed by atoms with Crippen LogP contribution < -0.4 is 5.32 Å². The Morgan fingerprint density at radius 3 is 2.50 bits per heavy atom. The summed E-state index contributed by atoms with van der Waals surface area (Å²) in [4.78, 5) is 24.8. The smallest absolute Gasteiger partial charge is 0.307 e. The number of esters is 1. The molecule has 9 nitrogen and oxygen atoms in total. The number of aromatic nitrogens is 1. The third-order valence-corrected chi connectivity index (χ3v) is 6.79. The number of hydrogen-bond acceptors (Lipinski definition) is 6. The molecular formula is C20H25N3O6S. The van der Waals surface area contributed by atoms with Gasteiger partial charge in [-0.1, -0.05) is 30.3 Å². The van der Waals surface area contributed by atoms with Gasteiger partial charge in [0, 0.05) is 26.3 Å². The predicted octanol–water partition coefficient (Wildman–Crippen LogP) is 1.08. The predicted molar refractivity (Wildman–Crippen MR) is 108 cm³/mol. The molecule has 1 fully saturated rings. The van der Waals surface area contributed by atoms with Crippen LogP contribution in [0, 0.1) is 0 Å². The maximum atomic E-state index is 12.9. The van der Waals surface area contributed by atoms with E-state index in [2.05, 4.69) is 5.32 Å². The summed E-state index contributed by atoms with van der Waals surface area (Å²) in [6.07, 6.45) is 1.37. The Kier molecular flexibility index (Phi) is 6.91. The van der Waals surface area contributed by atoms with Gasteiger partial charge in [-0.25, -0.2) is 8.42 Å². The van der Waals surface area contributed by atoms with E-state index in [0.717, 1.165) is 5.56 Å². The highest BCUT2D eigenvalue weighted by Gasteiger charge is 2.29. The molecule has 1 amide bonds. The third-order valence-electron chi connectivity index (χ3n) is 4.93. The molecule has 0 saturated carbocycles. The normalized spacial score (nSPS) is 16.1. The second-order valence-corrected chi connectivity index (χ2v) is 8.84. The molecule has 0 aliphatic carbocycles. The number of sulfonamides is 1. The number of rotatable bonds is 7. The van der Waals surface area contributed by atoms with Crippen molar-refractivity contribution in [1.29, 1.82) is 0 Å². The maximum Gasteiger partial charge on any atom is 0.307 e. The lowest BCUT2D eigenvalue weighted by Gasteiger charge is -2.25. The van der Waals surface area contributed by atoms with Crippen LogP contribution in [0.15, 0.2) is 47.5 Å². The van der Waals surface area contributed by atoms with Crippen molar-refractivity contribution in [3.63, 3.8) is 0 Å². The lowest BCUT2D eigenvalue weighted by Crippen LogP contribution is -2.40. The lowest BCUT2D eigenvalue weighted by molar-refractivity contribution is -0.141. The summed E-state index contributed by atoms with van der Waals surface area (Å²) in [5.74, 6) is -0.953. The Labute approximate surface area is 175 Å². The zero-order valence-corrected chi connectivity index (χ0v) is 17.7. The second kappa shape index (κ2) is 9.41. The molecule has 0 bridgehead atoms. The summed E-state index contributed by atoms with van der Waals surface area (Å²) in [5, 5.41) is 2.81. The Morgan fingerprint density at radius 1 is 1.20 bits per heavy atom. The van der Waals surface area contributed by atoms with Gasteiger partial charge in [0.2, 0.25) is 10.0 Å². The van der Waals surface area contributed by atoms with E-state index < -0.39 is 27.9 Å². The number of ether oxygens (including phenoxy) is 2. The van der Waals surface area contributed by atoms with E-state index in [1.807, 2.05) is 6.07 Å². The van der Waals surface area contributed by atoms with E-state index >= 15 is 0 Å². The minimum atomic E-state index is -3.72. The highest BCUT2D eigenvalue weighted by atomic mass is 32.2. The zero-order valence-electron chi connectivity index (χ0n) is 16.9. The number of aryl methyl sites for hydroxylation is 1. The van der Waals surface area contributed by atoms with Gasteiger partial charge in [0.25, 0.3) is 5.91 Å². The zero-order chi connectivity index (χ0) is 21.7. The monoisotopic (exact) mass is 435 g/mol. The van der Waals surface area contributed by atoms with E-state index in [1.165, 1.54) is 28.2 Å². The fraction of sp³-hybridized carbons (Fsp3) is 0.400. The second-order valence-electron chi connectivity index (χ2n) is 6.91. The topological polar surface area (TPSA) is 107 Å². The number of nitrogens with zero attached hydrogens (tertiary/aromatic N) is 2. The fourth-order valence-corrected chi connectivity index (χ4v) is 4.74. The summed E-state index contributed by atoms with van der Waals surface area (Å²) in [6, 6.07) is 9.78. The quantitative estimate of drug-likeness (QED) is 0.653. The van der Waals surface area contributed by atoms with E-state index in [4.69, 9.17) is 9.47 Å². The van der Waals surface area contributed by atoms with Crippen LogP contribution in [0.3, 0.4) is 0 Å². The van der Waals surface area contributed by atoms with Gasteiger partial charge in [-0.05, 0) is 11.6 Å². The number of amides is 1. The van der Waals surface area contributed by atoms with Crippen molar-refractivity contribution in [3.05, 3.63) is 53.9 Å². The number of methoxy groups -OCH3 is 1. The Hall–Kier alpha value is -2.69. The number of morpholine rings is 1. The van der Waals surface area contributed by atoms with E-state index in [0.29, 0.717) is 13.2 Å². The Balaban J connectivity index is 1.82. The molecule has 1 aliphatic heterocycles. The highest BCUT2D eigenvalue weighted by molar-refractivity contribution is 7.89. The molecule has 0 spiro atoms. The van der Waals surface area contributed by atoms with Crippen LogP contribution in [0.4, 0.5) is 0 Å². The molecule has 1 aromatic carbocycles. The van der Waals surface area contributed by atoms with Crippen LogP contribution in [0.25, 0.3) is 0 Å². The van der Waals surface area contributed by atoms with Gasteiger partial charge in [-0.15, -0.1) is 0 Å². The van der Waals surface area contributed by atoms with Gasteiger partial charge in [0.15, 0.2) is 0 Å². The largest absolute Gasteiger partial charge is 0.469 e. The van der Waals surface area contributed by atoms with Gasteiger partial charge < -0.3 is 19.4 Å². The molecule has 1 N–H and O–H groups in total. The molecule has 1 aromatic heterocycles. The average molecular weight is 436 g/mol. The first kappa shape index (κ1) is 22.0. The molecule has 162 valence electrons. The van der Waals surface area contributed by atoms with Crippen LogP contribution in [-0.2, 0) is 31.3 Å². The van der Waals surface area contributed by atoms with Crippen molar-refractivity contribution in [1.82, 2.24) is 14.2 Å². The molecule has 1 atom stereocenters. The Bertz CT molecular complexity index is 997. The van der Waals surface area contributed by atoms with E-state index in [1.54, 1.807) is 31.3 Å². The van der Waals surface area contributed by atoms with Crippen molar-refractivity contribution < 1.29 is 27.5 Å². The molecule has 2 heterocycles. The highest BCUT2D eigenvalue weighted by Crippen LogP contribution is 2.22. The molecule has 2 aromatic rings. The van der Waals surface area contributed by atoms with Crippen molar-refractivity contribution in [2.75, 3.05) is 33.4 Å². The van der Waals surface area contributed by atoms with Crippen LogP contribution in [0.1, 0.15) is 28.5 Å². The number of carbonyl (C=O) groups is 2. The van der Waals surface area contributed by atoms with Crippen LogP contribution >= 0.6 is 0 Å². The van der Waals surface area contributed by atoms with Crippen molar-refractivity contribution in [3.8, 4) is 0 Å². The molecule has 10 heteroatoms. The minimum Gasteiger partial charge on any atom is -0.469 e. The first-order valence-corrected chi connectivity index (χ1v) is 10.9. The van der Waals surface area contributed by atoms with Gasteiger partial charge in [-0.3, -0.25) is 9.59 Å². The Morgan fingerprint density at radius 2 is 1.87 bits per heavy atom. The first-order chi connectivity index (χ1) is 14.3. The summed E-state index contributed by atoms with van der Waals surface area (Å²) in [7, 11) is -0.836. The van der Waals surface area contributed by atoms with Gasteiger partial charge in [-0.2, -0.15) is 4.31 Å². The summed E-state index contributed by atoms with van der Waals surface area (Å²) in [5.41, 5.74) is 0.916. The number of hydrogen-bond donors (Lipinski definition) is 1. The average Bonchev–Trinajstić information content (AvgIpc) is 3.17. The van der Waals surface area contributed by atoms with Crippen LogP contribution in [0.2, 0.25) is 0 Å². The van der Waals surface area contributed by atoms with Gasteiger partial charge in [0.1, 0.15) is 10.6 Å². The van der Waals surface area contributed by atoms with Crippen molar-refractivity contribution in [2.24, 2.45) is 7.05 Å². The standard InChI is InChI=1S/C20H25N3O6S/c1-22-14-16(30(26,27)23-8-10-29-11-9-23)12-18(22)20(25)21-17(13-19(24)28-2)15-6-4-3-5-7-15/h3-7,12,14,17H,8-11,13H2,1-2H3,(H,21,25). The maximum absolute atomic E-state index is 12.9. The molecule has 1 unspecified atom stereocenters. The van der Waals surface area contributed by atoms with Crippen molar-refractivity contribution >= 4 is 21.9 Å². The summed E-state index contributed by atoms with van der Waals surface area (Å²) < 4.78 is 38.5. The lowest BCUT2D eigenvalue weighted by atomic mass is 10.0. The molecule has 3 rings (SSSR count). The van der Waals surface area contributed by atoms with Gasteiger partial charge in [0.05, 0.1) is 32.8 Å². The van der Waals surface area contributed by atoms with Gasteiger partial charge >= 0.3 is 5.97 Å². The summed E-state index contributed by atoms with van der Waals surface area (Å²) in [6.45, 7) is 1.22. The summed E-state index contributed by atoms with van der Waals surface area (Å²) >= 11 is 0. The number of benzene rings is 1. The van der Waals surface area contributed by atoms with Crippen LogP contribution in [0.5, 0.6) is 0 Å². The molecule has 0 radical (unpaired) electrons. The molecule has 1 aliphatic rings.